The first-order chi connectivity index (χ1) is 15.7. The van der Waals surface area contributed by atoms with E-state index >= 15 is 0 Å². The smallest absolute Gasteiger partial charge is 0.306 e. The van der Waals surface area contributed by atoms with Crippen molar-refractivity contribution in [1.29, 1.82) is 0 Å². The highest BCUT2D eigenvalue weighted by atomic mass is 31.2. The van der Waals surface area contributed by atoms with Gasteiger partial charge in [0.2, 0.25) is 0 Å². The molecule has 2 aliphatic heterocycles. The van der Waals surface area contributed by atoms with Crippen LogP contribution >= 0.6 is 7.14 Å². The van der Waals surface area contributed by atoms with Gasteiger partial charge in [0.25, 0.3) is 0 Å². The minimum atomic E-state index is -2.58. The summed E-state index contributed by atoms with van der Waals surface area (Å²) >= 11 is 0. The van der Waals surface area contributed by atoms with Crippen LogP contribution in [0.15, 0.2) is 18.2 Å². The topological polar surface area (TPSA) is 76.1 Å². The molecule has 5 unspecified atom stereocenters. The lowest BCUT2D eigenvalue weighted by atomic mass is 9.51. The van der Waals surface area contributed by atoms with Gasteiger partial charge in [-0.3, -0.25) is 4.79 Å². The molecule has 5 rings (SSSR count). The monoisotopic (exact) mass is 487 g/mol. The largest absolute Gasteiger partial charge is 0.504 e. The van der Waals surface area contributed by atoms with E-state index in [1.807, 2.05) is 34.1 Å². The molecule has 2 heterocycles. The number of carbonyl (C=O) groups is 1. The van der Waals surface area contributed by atoms with E-state index in [-0.39, 0.29) is 35.6 Å². The number of likely N-dealkylation sites (tertiary alicyclic amines) is 1. The summed E-state index contributed by atoms with van der Waals surface area (Å²) in [5.41, 5.74) is 2.47. The number of benzene rings is 1. The Morgan fingerprint density at radius 1 is 1.35 bits per heavy atom. The molecule has 1 aromatic carbocycles. The number of aryl methyl sites for hydroxylation is 1. The number of aromatic hydroxyl groups is 1. The number of carbonyl (C=O) groups excluding carboxylic acids is 1. The lowest BCUT2D eigenvalue weighted by molar-refractivity contribution is -0.154. The summed E-state index contributed by atoms with van der Waals surface area (Å²) in [5.74, 6) is 0.703. The highest BCUT2D eigenvalue weighted by Gasteiger charge is 2.69. The molecule has 6 nitrogen and oxygen atoms in total. The fraction of sp³-hybridized carbons (Fsp3) is 0.667. The Labute approximate surface area is 203 Å². The quantitative estimate of drug-likeness (QED) is 0.383. The second-order valence-corrected chi connectivity index (χ2v) is 16.0. The van der Waals surface area contributed by atoms with Crippen molar-refractivity contribution in [3.8, 4) is 11.5 Å². The van der Waals surface area contributed by atoms with E-state index in [9.17, 15) is 14.5 Å². The van der Waals surface area contributed by atoms with Crippen molar-refractivity contribution in [3.05, 3.63) is 34.9 Å². The fourth-order valence-corrected chi connectivity index (χ4v) is 8.28. The van der Waals surface area contributed by atoms with Crippen molar-refractivity contribution < 1.29 is 23.9 Å². The number of hydrogen-bond donors (Lipinski definition) is 1. The van der Waals surface area contributed by atoms with Gasteiger partial charge in [0.15, 0.2) is 11.5 Å². The Morgan fingerprint density at radius 3 is 2.71 bits per heavy atom. The molecule has 0 aromatic heterocycles. The van der Waals surface area contributed by atoms with Crippen LogP contribution in [-0.4, -0.2) is 65.8 Å². The van der Waals surface area contributed by atoms with Crippen LogP contribution in [-0.2, 0) is 32.4 Å². The van der Waals surface area contributed by atoms with Gasteiger partial charge < -0.3 is 24.0 Å². The fourth-order valence-electron chi connectivity index (χ4n) is 6.98. The van der Waals surface area contributed by atoms with Gasteiger partial charge in [-0.25, -0.2) is 0 Å². The zero-order valence-corrected chi connectivity index (χ0v) is 22.4. The third-order valence-electron chi connectivity index (χ3n) is 8.85. The second-order valence-electron chi connectivity index (χ2n) is 12.3. The summed E-state index contributed by atoms with van der Waals surface area (Å²) in [5, 5.41) is 10.5. The average molecular weight is 488 g/mol. The molecule has 1 fully saturated rings. The number of piperidine rings is 1. The van der Waals surface area contributed by atoms with E-state index in [1.165, 1.54) is 5.56 Å². The molecule has 1 N–H and O–H groups in total. The van der Waals surface area contributed by atoms with E-state index < -0.39 is 17.9 Å². The Kier molecular flexibility index (Phi) is 5.19. The second kappa shape index (κ2) is 7.36. The minimum Gasteiger partial charge on any atom is -0.504 e. The minimum absolute atomic E-state index is 0.127. The number of nitrogens with zero attached hydrogens (tertiary/aromatic N) is 1. The predicted molar refractivity (Wildman–Crippen MR) is 134 cm³/mol. The molecule has 0 radical (unpaired) electrons. The summed E-state index contributed by atoms with van der Waals surface area (Å²) in [4.78, 5) is 14.9. The maximum atomic E-state index is 13.6. The molecule has 1 aromatic rings. The number of likely N-dealkylation sites (N-methyl/N-ethyl adjacent to an activating group) is 1. The van der Waals surface area contributed by atoms with Crippen molar-refractivity contribution in [3.63, 3.8) is 0 Å². The van der Waals surface area contributed by atoms with Crippen LogP contribution in [0, 0.1) is 5.92 Å². The normalized spacial score (nSPS) is 33.9. The maximum absolute atomic E-state index is 13.6. The molecule has 1 saturated heterocycles. The summed E-state index contributed by atoms with van der Waals surface area (Å²) in [6.07, 6.45) is 6.67. The molecular weight excluding hydrogens is 449 g/mol. The van der Waals surface area contributed by atoms with Crippen molar-refractivity contribution in [2.24, 2.45) is 5.92 Å². The van der Waals surface area contributed by atoms with Gasteiger partial charge in [-0.05, 0) is 91.1 Å². The Hall–Kier alpha value is -1.78. The van der Waals surface area contributed by atoms with E-state index in [2.05, 4.69) is 31.0 Å². The Morgan fingerprint density at radius 2 is 2.06 bits per heavy atom. The molecule has 5 atom stereocenters. The number of phenolic OH excluding ortho intramolecular Hbond substituents is 1. The Balaban J connectivity index is 1.63. The SMILES string of the molecule is CN1CCC23c4c5c(CCC(=O)OC(C)(C)C)cc(O)c4OC2C(C)(P(C)(C)=O)C=CC3C1C5. The number of ether oxygens (including phenoxy) is 2. The predicted octanol–water partition coefficient (Wildman–Crippen LogP) is 4.49. The van der Waals surface area contributed by atoms with Crippen LogP contribution < -0.4 is 4.74 Å². The molecule has 2 bridgehead atoms. The molecular formula is C27H38NO5P. The summed E-state index contributed by atoms with van der Waals surface area (Å²) in [6.45, 7) is 12.3. The maximum Gasteiger partial charge on any atom is 0.306 e. The first kappa shape index (κ1) is 23.9. The molecule has 0 saturated carbocycles. The number of esters is 1. The molecule has 1 spiro atoms. The van der Waals surface area contributed by atoms with Gasteiger partial charge in [0, 0.05) is 29.4 Å². The summed E-state index contributed by atoms with van der Waals surface area (Å²) in [7, 11) is -0.395. The van der Waals surface area contributed by atoms with Gasteiger partial charge in [-0.2, -0.15) is 0 Å². The van der Waals surface area contributed by atoms with Crippen molar-refractivity contribution in [2.45, 2.75) is 81.7 Å². The number of phenols is 1. The van der Waals surface area contributed by atoms with Crippen LogP contribution in [0.25, 0.3) is 0 Å². The van der Waals surface area contributed by atoms with Crippen LogP contribution in [0.2, 0.25) is 0 Å². The van der Waals surface area contributed by atoms with Crippen molar-refractivity contribution in [2.75, 3.05) is 26.9 Å². The Bertz CT molecular complexity index is 1130. The van der Waals surface area contributed by atoms with E-state index in [0.29, 0.717) is 18.2 Å². The molecule has 2 aliphatic carbocycles. The van der Waals surface area contributed by atoms with Crippen LogP contribution in [0.5, 0.6) is 11.5 Å². The lowest BCUT2D eigenvalue weighted by Gasteiger charge is -2.59. The van der Waals surface area contributed by atoms with Gasteiger partial charge in [0.05, 0.1) is 12.3 Å². The first-order valence-corrected chi connectivity index (χ1v) is 15.0. The first-order valence-electron chi connectivity index (χ1n) is 12.4. The van der Waals surface area contributed by atoms with Crippen LogP contribution in [0.3, 0.4) is 0 Å². The summed E-state index contributed by atoms with van der Waals surface area (Å²) in [6, 6.07) is 2.09. The standard InChI is InChI=1S/C27H38NO5P/c1-25(2,3)33-21(30)9-8-16-14-20(29)23-22-17(16)15-19-18-10-11-26(4,34(6,7)31)24(32-23)27(18,22)12-13-28(19)5/h10-11,14,18-19,24,29H,8-9,12-13,15H2,1-7H3. The zero-order chi connectivity index (χ0) is 24.8. The molecule has 7 heteroatoms. The van der Waals surface area contributed by atoms with E-state index in [4.69, 9.17) is 9.47 Å². The number of rotatable bonds is 4. The van der Waals surface area contributed by atoms with E-state index in [1.54, 1.807) is 6.07 Å². The molecule has 0 amide bonds. The average Bonchev–Trinajstić information content (AvgIpc) is 3.06. The highest BCUT2D eigenvalue weighted by molar-refractivity contribution is 7.64. The van der Waals surface area contributed by atoms with Crippen LogP contribution in [0.4, 0.5) is 0 Å². The van der Waals surface area contributed by atoms with Gasteiger partial charge in [-0.15, -0.1) is 0 Å². The third-order valence-corrected chi connectivity index (χ3v) is 11.6. The van der Waals surface area contributed by atoms with Gasteiger partial charge >= 0.3 is 5.97 Å². The van der Waals surface area contributed by atoms with Crippen molar-refractivity contribution >= 4 is 13.1 Å². The molecule has 186 valence electrons. The lowest BCUT2D eigenvalue weighted by Crippen LogP contribution is -2.67. The number of hydrogen-bond acceptors (Lipinski definition) is 6. The molecule has 4 aliphatic rings. The zero-order valence-electron chi connectivity index (χ0n) is 21.5. The third kappa shape index (κ3) is 3.24. The van der Waals surface area contributed by atoms with Crippen LogP contribution in [0.1, 0.15) is 57.2 Å². The molecule has 34 heavy (non-hydrogen) atoms. The highest BCUT2D eigenvalue weighted by Crippen LogP contribution is 2.70. The van der Waals surface area contributed by atoms with Crippen molar-refractivity contribution in [1.82, 2.24) is 4.90 Å². The summed E-state index contributed by atoms with van der Waals surface area (Å²) < 4.78 is 25.8. The van der Waals surface area contributed by atoms with E-state index in [0.717, 1.165) is 30.5 Å². The van der Waals surface area contributed by atoms with Gasteiger partial charge in [-0.1, -0.05) is 12.2 Å². The van der Waals surface area contributed by atoms with Gasteiger partial charge in [0.1, 0.15) is 11.7 Å².